The SMILES string of the molecule is CCOC(=O)c1c(-c2ccccc2)csc1NC(=O)/C=C/c1cccs1. The maximum Gasteiger partial charge on any atom is 0.341 e. The highest BCUT2D eigenvalue weighted by molar-refractivity contribution is 7.15. The molecule has 1 amide bonds. The Hall–Kier alpha value is -2.70. The van der Waals surface area contributed by atoms with Crippen LogP contribution in [0, 0.1) is 0 Å². The first-order valence-electron chi connectivity index (χ1n) is 8.05. The van der Waals surface area contributed by atoms with Crippen LogP contribution in [0.3, 0.4) is 0 Å². The second-order valence-corrected chi connectivity index (χ2v) is 7.14. The van der Waals surface area contributed by atoms with Gasteiger partial charge < -0.3 is 10.1 Å². The molecule has 0 fully saturated rings. The number of rotatable bonds is 6. The van der Waals surface area contributed by atoms with Crippen LogP contribution in [0.1, 0.15) is 22.2 Å². The molecule has 0 aliphatic carbocycles. The first kappa shape index (κ1) is 18.1. The lowest BCUT2D eigenvalue weighted by Crippen LogP contribution is -2.12. The number of ether oxygens (including phenoxy) is 1. The van der Waals surface area contributed by atoms with E-state index < -0.39 is 5.97 Å². The molecule has 0 saturated heterocycles. The standard InChI is InChI=1S/C20H17NO3S2/c1-2-24-20(23)18-16(14-7-4-3-5-8-14)13-26-19(18)21-17(22)11-10-15-9-6-12-25-15/h3-13H,2H2,1H3,(H,21,22)/b11-10+. The van der Waals surface area contributed by atoms with Crippen LogP contribution in [0.15, 0.2) is 59.3 Å². The number of hydrogen-bond donors (Lipinski definition) is 1. The Kier molecular flexibility index (Phi) is 5.99. The fourth-order valence-corrected chi connectivity index (χ4v) is 3.96. The Labute approximate surface area is 159 Å². The molecule has 4 nitrogen and oxygen atoms in total. The Morgan fingerprint density at radius 1 is 1.12 bits per heavy atom. The van der Waals surface area contributed by atoms with E-state index in [-0.39, 0.29) is 12.5 Å². The van der Waals surface area contributed by atoms with Crippen molar-refractivity contribution in [2.45, 2.75) is 6.92 Å². The highest BCUT2D eigenvalue weighted by Crippen LogP contribution is 2.36. The van der Waals surface area contributed by atoms with Crippen LogP contribution in [-0.2, 0) is 9.53 Å². The minimum atomic E-state index is -0.440. The van der Waals surface area contributed by atoms with E-state index in [1.54, 1.807) is 24.3 Å². The number of anilines is 1. The minimum Gasteiger partial charge on any atom is -0.462 e. The van der Waals surface area contributed by atoms with Gasteiger partial charge in [0.05, 0.1) is 6.61 Å². The third-order valence-electron chi connectivity index (χ3n) is 3.53. The van der Waals surface area contributed by atoms with Crippen molar-refractivity contribution in [1.82, 2.24) is 0 Å². The Bertz CT molecular complexity index is 912. The highest BCUT2D eigenvalue weighted by Gasteiger charge is 2.22. The third-order valence-corrected chi connectivity index (χ3v) is 5.27. The zero-order valence-electron chi connectivity index (χ0n) is 14.1. The fourth-order valence-electron chi connectivity index (χ4n) is 2.38. The molecule has 0 aliphatic heterocycles. The van der Waals surface area contributed by atoms with Crippen LogP contribution in [0.5, 0.6) is 0 Å². The van der Waals surface area contributed by atoms with Crippen molar-refractivity contribution >= 4 is 45.6 Å². The predicted octanol–water partition coefficient (Wildman–Crippen LogP) is 5.31. The van der Waals surface area contributed by atoms with E-state index in [1.165, 1.54) is 17.4 Å². The molecule has 1 N–H and O–H groups in total. The summed E-state index contributed by atoms with van der Waals surface area (Å²) in [5.41, 5.74) is 2.05. The summed E-state index contributed by atoms with van der Waals surface area (Å²) in [5, 5.41) is 7.10. The van der Waals surface area contributed by atoms with Crippen molar-refractivity contribution in [3.8, 4) is 11.1 Å². The van der Waals surface area contributed by atoms with Gasteiger partial charge in [0.1, 0.15) is 10.6 Å². The molecule has 6 heteroatoms. The molecule has 0 aliphatic rings. The van der Waals surface area contributed by atoms with Gasteiger partial charge >= 0.3 is 5.97 Å². The molecule has 2 heterocycles. The number of benzene rings is 1. The van der Waals surface area contributed by atoms with E-state index >= 15 is 0 Å². The zero-order chi connectivity index (χ0) is 18.4. The zero-order valence-corrected chi connectivity index (χ0v) is 15.7. The van der Waals surface area contributed by atoms with Crippen LogP contribution in [-0.4, -0.2) is 18.5 Å². The van der Waals surface area contributed by atoms with Crippen LogP contribution in [0.25, 0.3) is 17.2 Å². The van der Waals surface area contributed by atoms with Gasteiger partial charge in [-0.25, -0.2) is 4.79 Å². The second kappa shape index (κ2) is 8.60. The molecule has 2 aromatic heterocycles. The Morgan fingerprint density at radius 2 is 1.92 bits per heavy atom. The number of esters is 1. The number of nitrogens with one attached hydrogen (secondary N) is 1. The third kappa shape index (κ3) is 4.28. The Morgan fingerprint density at radius 3 is 2.62 bits per heavy atom. The van der Waals surface area contributed by atoms with E-state index in [4.69, 9.17) is 4.74 Å². The lowest BCUT2D eigenvalue weighted by molar-refractivity contribution is -0.111. The average molecular weight is 383 g/mol. The highest BCUT2D eigenvalue weighted by atomic mass is 32.1. The first-order chi connectivity index (χ1) is 12.7. The summed E-state index contributed by atoms with van der Waals surface area (Å²) in [6, 6.07) is 13.4. The lowest BCUT2D eigenvalue weighted by Gasteiger charge is -2.07. The van der Waals surface area contributed by atoms with Gasteiger partial charge in [0, 0.05) is 21.9 Å². The molecule has 26 heavy (non-hydrogen) atoms. The summed E-state index contributed by atoms with van der Waals surface area (Å²) in [5.74, 6) is -0.726. The number of carbonyl (C=O) groups excluding carboxylic acids is 2. The van der Waals surface area contributed by atoms with E-state index in [2.05, 4.69) is 5.32 Å². The summed E-state index contributed by atoms with van der Waals surface area (Å²) in [4.78, 5) is 25.7. The fraction of sp³-hybridized carbons (Fsp3) is 0.100. The number of carbonyl (C=O) groups is 2. The molecule has 0 atom stereocenters. The molecular formula is C20H17NO3S2. The normalized spacial score (nSPS) is 10.8. The molecular weight excluding hydrogens is 366 g/mol. The largest absolute Gasteiger partial charge is 0.462 e. The van der Waals surface area contributed by atoms with Gasteiger partial charge in [0.2, 0.25) is 5.91 Å². The molecule has 3 rings (SSSR count). The molecule has 1 aromatic carbocycles. The summed E-state index contributed by atoms with van der Waals surface area (Å²) < 4.78 is 5.19. The summed E-state index contributed by atoms with van der Waals surface area (Å²) in [6.45, 7) is 2.03. The van der Waals surface area contributed by atoms with E-state index in [0.29, 0.717) is 10.6 Å². The van der Waals surface area contributed by atoms with Crippen LogP contribution < -0.4 is 5.32 Å². The Balaban J connectivity index is 1.88. The summed E-state index contributed by atoms with van der Waals surface area (Å²) >= 11 is 2.86. The van der Waals surface area contributed by atoms with Crippen LogP contribution in [0.2, 0.25) is 0 Å². The average Bonchev–Trinajstić information content (AvgIpc) is 3.31. The molecule has 0 spiro atoms. The van der Waals surface area contributed by atoms with Gasteiger partial charge in [-0.1, -0.05) is 36.4 Å². The van der Waals surface area contributed by atoms with Crippen molar-refractivity contribution in [3.63, 3.8) is 0 Å². The topological polar surface area (TPSA) is 55.4 Å². The molecule has 132 valence electrons. The number of thiophene rings is 2. The molecule has 0 bridgehead atoms. The first-order valence-corrected chi connectivity index (χ1v) is 9.81. The van der Waals surface area contributed by atoms with Crippen molar-refractivity contribution in [2.24, 2.45) is 0 Å². The molecule has 0 radical (unpaired) electrons. The molecule has 0 saturated carbocycles. The van der Waals surface area contributed by atoms with E-state index in [1.807, 2.05) is 53.2 Å². The second-order valence-electron chi connectivity index (χ2n) is 5.28. The van der Waals surface area contributed by atoms with Crippen LogP contribution in [0.4, 0.5) is 5.00 Å². The quantitative estimate of drug-likeness (QED) is 0.464. The molecule has 3 aromatic rings. The maximum atomic E-state index is 12.5. The van der Waals surface area contributed by atoms with Gasteiger partial charge in [-0.2, -0.15) is 0 Å². The van der Waals surface area contributed by atoms with Crippen molar-refractivity contribution in [2.75, 3.05) is 11.9 Å². The lowest BCUT2D eigenvalue weighted by atomic mass is 10.0. The number of amides is 1. The van der Waals surface area contributed by atoms with Crippen molar-refractivity contribution < 1.29 is 14.3 Å². The number of hydrogen-bond acceptors (Lipinski definition) is 5. The molecule has 0 unspecified atom stereocenters. The summed E-state index contributed by atoms with van der Waals surface area (Å²) in [7, 11) is 0. The van der Waals surface area contributed by atoms with Crippen molar-refractivity contribution in [3.05, 3.63) is 69.7 Å². The van der Waals surface area contributed by atoms with Gasteiger partial charge in [-0.15, -0.1) is 22.7 Å². The minimum absolute atomic E-state index is 0.272. The summed E-state index contributed by atoms with van der Waals surface area (Å²) in [6.07, 6.45) is 3.21. The predicted molar refractivity (Wildman–Crippen MR) is 108 cm³/mol. The van der Waals surface area contributed by atoms with Crippen molar-refractivity contribution in [1.29, 1.82) is 0 Å². The van der Waals surface area contributed by atoms with Crippen LogP contribution >= 0.6 is 22.7 Å². The monoisotopic (exact) mass is 383 g/mol. The van der Waals surface area contributed by atoms with Gasteiger partial charge in [-0.05, 0) is 30.0 Å². The maximum absolute atomic E-state index is 12.5. The van der Waals surface area contributed by atoms with Gasteiger partial charge in [-0.3, -0.25) is 4.79 Å². The van der Waals surface area contributed by atoms with E-state index in [9.17, 15) is 9.59 Å². The van der Waals surface area contributed by atoms with Gasteiger partial charge in [0.15, 0.2) is 0 Å². The van der Waals surface area contributed by atoms with E-state index in [0.717, 1.165) is 16.0 Å². The van der Waals surface area contributed by atoms with Gasteiger partial charge in [0.25, 0.3) is 0 Å². The smallest absolute Gasteiger partial charge is 0.341 e.